The van der Waals surface area contributed by atoms with Crippen molar-refractivity contribution in [1.82, 2.24) is 10.6 Å². The van der Waals surface area contributed by atoms with Gasteiger partial charge in [0.25, 0.3) is 0 Å². The average Bonchev–Trinajstić information content (AvgIpc) is 2.37. The van der Waals surface area contributed by atoms with Crippen LogP contribution in [0.25, 0.3) is 0 Å². The van der Waals surface area contributed by atoms with E-state index in [1.54, 1.807) is 0 Å². The fourth-order valence-corrected chi connectivity index (χ4v) is 2.97. The second-order valence-corrected chi connectivity index (χ2v) is 6.31. The number of nitrogens with one attached hydrogen (secondary N) is 2. The molecule has 1 heterocycles. The molecule has 0 aromatic heterocycles. The Morgan fingerprint density at radius 1 is 1.38 bits per heavy atom. The number of halogens is 1. The standard InChI is InChI=1S/C15H17BrN2O2S/c1-8(2)20-14(19)12-9(3)17-15(21)18-13(12)10-6-4-5-7-11(10)16/h4-8,13H,1-3H3,(H2,17,18,21)/t13-/m1/s1. The molecule has 0 bridgehead atoms. The van der Waals surface area contributed by atoms with Crippen molar-refractivity contribution in [3.05, 3.63) is 45.6 Å². The van der Waals surface area contributed by atoms with Crippen LogP contribution in [0, 0.1) is 0 Å². The van der Waals surface area contributed by atoms with Crippen LogP contribution in [0.1, 0.15) is 32.4 Å². The van der Waals surface area contributed by atoms with Gasteiger partial charge in [0, 0.05) is 10.2 Å². The zero-order valence-corrected chi connectivity index (χ0v) is 14.5. The quantitative estimate of drug-likeness (QED) is 0.633. The third-order valence-electron chi connectivity index (χ3n) is 3.05. The first-order valence-corrected chi connectivity index (χ1v) is 7.84. The number of thiocarbonyl (C=S) groups is 1. The Morgan fingerprint density at radius 2 is 2.05 bits per heavy atom. The van der Waals surface area contributed by atoms with Gasteiger partial charge < -0.3 is 15.4 Å². The molecule has 2 rings (SSSR count). The van der Waals surface area contributed by atoms with Gasteiger partial charge in [-0.2, -0.15) is 0 Å². The fraction of sp³-hybridized carbons (Fsp3) is 0.333. The van der Waals surface area contributed by atoms with Crippen molar-refractivity contribution in [3.63, 3.8) is 0 Å². The number of hydrogen-bond acceptors (Lipinski definition) is 3. The minimum atomic E-state index is -0.342. The van der Waals surface area contributed by atoms with Gasteiger partial charge in [-0.15, -0.1) is 0 Å². The number of allylic oxidation sites excluding steroid dienone is 1. The highest BCUT2D eigenvalue weighted by Crippen LogP contribution is 2.32. The van der Waals surface area contributed by atoms with E-state index in [0.29, 0.717) is 16.4 Å². The van der Waals surface area contributed by atoms with E-state index < -0.39 is 0 Å². The molecule has 1 aliphatic rings. The summed E-state index contributed by atoms with van der Waals surface area (Å²) in [5.74, 6) is -0.342. The van der Waals surface area contributed by atoms with Crippen molar-refractivity contribution in [2.45, 2.75) is 32.9 Å². The topological polar surface area (TPSA) is 50.4 Å². The summed E-state index contributed by atoms with van der Waals surface area (Å²) in [5, 5.41) is 6.62. The SMILES string of the molecule is CC1=C(C(=O)OC(C)C)[C@@H](c2ccccc2Br)NC(=S)N1. The van der Waals surface area contributed by atoms with Crippen molar-refractivity contribution < 1.29 is 9.53 Å². The van der Waals surface area contributed by atoms with E-state index in [2.05, 4.69) is 26.6 Å². The normalized spacial score (nSPS) is 18.3. The van der Waals surface area contributed by atoms with Crippen molar-refractivity contribution in [2.75, 3.05) is 0 Å². The molecular formula is C15H17BrN2O2S. The molecule has 1 aliphatic heterocycles. The fourth-order valence-electron chi connectivity index (χ4n) is 2.18. The molecule has 0 spiro atoms. The molecule has 6 heteroatoms. The molecule has 0 saturated carbocycles. The highest BCUT2D eigenvalue weighted by Gasteiger charge is 2.32. The Kier molecular flexibility index (Phi) is 5.00. The summed E-state index contributed by atoms with van der Waals surface area (Å²) in [4.78, 5) is 12.4. The molecule has 2 N–H and O–H groups in total. The van der Waals surface area contributed by atoms with Crippen LogP contribution >= 0.6 is 28.1 Å². The summed E-state index contributed by atoms with van der Waals surface area (Å²) < 4.78 is 6.26. The van der Waals surface area contributed by atoms with Gasteiger partial charge in [0.15, 0.2) is 5.11 Å². The number of carbonyl (C=O) groups excluding carboxylic acids is 1. The molecule has 0 radical (unpaired) electrons. The molecule has 21 heavy (non-hydrogen) atoms. The summed E-state index contributed by atoms with van der Waals surface area (Å²) in [7, 11) is 0. The molecule has 1 aromatic rings. The molecule has 0 unspecified atom stereocenters. The third kappa shape index (κ3) is 3.63. The average molecular weight is 369 g/mol. The van der Waals surface area contributed by atoms with Crippen LogP contribution < -0.4 is 10.6 Å². The minimum Gasteiger partial charge on any atom is -0.459 e. The Labute approximate surface area is 138 Å². The van der Waals surface area contributed by atoms with E-state index in [-0.39, 0.29) is 18.1 Å². The predicted molar refractivity (Wildman–Crippen MR) is 89.7 cm³/mol. The maximum Gasteiger partial charge on any atom is 0.338 e. The summed E-state index contributed by atoms with van der Waals surface area (Å²) >= 11 is 8.73. The smallest absolute Gasteiger partial charge is 0.338 e. The van der Waals surface area contributed by atoms with Crippen molar-refractivity contribution in [3.8, 4) is 0 Å². The van der Waals surface area contributed by atoms with E-state index in [0.717, 1.165) is 10.0 Å². The molecule has 112 valence electrons. The van der Waals surface area contributed by atoms with Crippen molar-refractivity contribution in [1.29, 1.82) is 0 Å². The predicted octanol–water partition coefficient (Wildman–Crippen LogP) is 3.19. The number of hydrogen-bond donors (Lipinski definition) is 2. The van der Waals surface area contributed by atoms with Crippen LogP contribution in [-0.4, -0.2) is 17.2 Å². The highest BCUT2D eigenvalue weighted by molar-refractivity contribution is 9.10. The van der Waals surface area contributed by atoms with Crippen molar-refractivity contribution >= 4 is 39.2 Å². The summed E-state index contributed by atoms with van der Waals surface area (Å²) in [5.41, 5.74) is 2.20. The second kappa shape index (κ2) is 6.58. The van der Waals surface area contributed by atoms with E-state index in [1.165, 1.54) is 0 Å². The van der Waals surface area contributed by atoms with Crippen LogP contribution in [-0.2, 0) is 9.53 Å². The van der Waals surface area contributed by atoms with Gasteiger partial charge in [-0.3, -0.25) is 0 Å². The summed E-state index contributed by atoms with van der Waals surface area (Å²) in [6.45, 7) is 5.49. The molecule has 1 atom stereocenters. The first kappa shape index (κ1) is 16.0. The molecule has 4 nitrogen and oxygen atoms in total. The summed E-state index contributed by atoms with van der Waals surface area (Å²) in [6.07, 6.45) is -0.174. The van der Waals surface area contributed by atoms with Gasteiger partial charge in [0.05, 0.1) is 17.7 Å². The maximum atomic E-state index is 12.4. The zero-order chi connectivity index (χ0) is 15.6. The van der Waals surface area contributed by atoms with E-state index in [4.69, 9.17) is 17.0 Å². The lowest BCUT2D eigenvalue weighted by Gasteiger charge is -2.30. The lowest BCUT2D eigenvalue weighted by molar-refractivity contribution is -0.143. The number of ether oxygens (including phenoxy) is 1. The highest BCUT2D eigenvalue weighted by atomic mass is 79.9. The zero-order valence-electron chi connectivity index (χ0n) is 12.1. The second-order valence-electron chi connectivity index (χ2n) is 5.05. The largest absolute Gasteiger partial charge is 0.459 e. The van der Waals surface area contributed by atoms with E-state index in [1.807, 2.05) is 45.0 Å². The van der Waals surface area contributed by atoms with Crippen LogP contribution in [0.2, 0.25) is 0 Å². The molecular weight excluding hydrogens is 352 g/mol. The molecule has 0 saturated heterocycles. The Bertz CT molecular complexity index is 613. The lowest BCUT2D eigenvalue weighted by atomic mass is 9.96. The van der Waals surface area contributed by atoms with Crippen LogP contribution in [0.15, 0.2) is 40.0 Å². The van der Waals surface area contributed by atoms with Crippen LogP contribution in [0.5, 0.6) is 0 Å². The molecule has 0 aliphatic carbocycles. The van der Waals surface area contributed by atoms with E-state index >= 15 is 0 Å². The Hall–Kier alpha value is -1.40. The minimum absolute atomic E-state index is 0.174. The van der Waals surface area contributed by atoms with Crippen molar-refractivity contribution in [2.24, 2.45) is 0 Å². The van der Waals surface area contributed by atoms with Gasteiger partial charge in [-0.05, 0) is 44.6 Å². The van der Waals surface area contributed by atoms with Gasteiger partial charge in [-0.25, -0.2) is 4.79 Å². The maximum absolute atomic E-state index is 12.4. The van der Waals surface area contributed by atoms with Gasteiger partial charge in [-0.1, -0.05) is 34.1 Å². The monoisotopic (exact) mass is 368 g/mol. The first-order valence-electron chi connectivity index (χ1n) is 6.64. The number of benzene rings is 1. The molecule has 1 aromatic carbocycles. The summed E-state index contributed by atoms with van der Waals surface area (Å²) in [6, 6.07) is 7.40. The van der Waals surface area contributed by atoms with Crippen LogP contribution in [0.4, 0.5) is 0 Å². The number of esters is 1. The molecule has 0 amide bonds. The molecule has 0 fully saturated rings. The Morgan fingerprint density at radius 3 is 2.67 bits per heavy atom. The van der Waals surface area contributed by atoms with Gasteiger partial charge in [0.1, 0.15) is 0 Å². The van der Waals surface area contributed by atoms with Gasteiger partial charge in [0.2, 0.25) is 0 Å². The van der Waals surface area contributed by atoms with Gasteiger partial charge >= 0.3 is 5.97 Å². The third-order valence-corrected chi connectivity index (χ3v) is 3.99. The Balaban J connectivity index is 2.46. The van der Waals surface area contributed by atoms with Crippen LogP contribution in [0.3, 0.4) is 0 Å². The van der Waals surface area contributed by atoms with E-state index in [9.17, 15) is 4.79 Å². The number of carbonyl (C=O) groups is 1. The number of rotatable bonds is 3. The lowest BCUT2D eigenvalue weighted by Crippen LogP contribution is -2.45. The first-order chi connectivity index (χ1) is 9.90.